The van der Waals surface area contributed by atoms with Crippen molar-refractivity contribution in [3.63, 3.8) is 0 Å². The molecule has 24 heavy (non-hydrogen) atoms. The van der Waals surface area contributed by atoms with Crippen LogP contribution in [-0.2, 0) is 0 Å². The SMILES string of the molecule is O=C(N/N=C\c1csc(-c2cccc(Br)c2)n1)c1ccc(F)cc1. The van der Waals surface area contributed by atoms with Gasteiger partial charge >= 0.3 is 0 Å². The van der Waals surface area contributed by atoms with Gasteiger partial charge in [-0.05, 0) is 36.4 Å². The minimum Gasteiger partial charge on any atom is -0.267 e. The molecule has 0 spiro atoms. The maximum atomic E-state index is 12.8. The van der Waals surface area contributed by atoms with Crippen LogP contribution in [0.2, 0.25) is 0 Å². The number of aromatic nitrogens is 1. The largest absolute Gasteiger partial charge is 0.271 e. The number of carbonyl (C=O) groups excluding carboxylic acids is 1. The Morgan fingerprint density at radius 2 is 2.04 bits per heavy atom. The van der Waals surface area contributed by atoms with E-state index in [4.69, 9.17) is 0 Å². The van der Waals surface area contributed by atoms with Crippen LogP contribution < -0.4 is 5.43 Å². The molecule has 0 radical (unpaired) electrons. The Morgan fingerprint density at radius 1 is 1.25 bits per heavy atom. The monoisotopic (exact) mass is 403 g/mol. The maximum Gasteiger partial charge on any atom is 0.271 e. The Bertz CT molecular complexity index is 893. The summed E-state index contributed by atoms with van der Waals surface area (Å²) in [6.07, 6.45) is 1.47. The second-order valence-corrected chi connectivity index (χ2v) is 6.57. The molecule has 0 atom stereocenters. The third-order valence-electron chi connectivity index (χ3n) is 3.06. The lowest BCUT2D eigenvalue weighted by Gasteiger charge is -1.98. The summed E-state index contributed by atoms with van der Waals surface area (Å²) >= 11 is 4.92. The van der Waals surface area contributed by atoms with Crippen molar-refractivity contribution in [1.29, 1.82) is 0 Å². The molecule has 3 rings (SSSR count). The zero-order chi connectivity index (χ0) is 16.9. The van der Waals surface area contributed by atoms with Crippen molar-refractivity contribution in [3.05, 3.63) is 75.5 Å². The molecule has 120 valence electrons. The minimum atomic E-state index is -0.409. The van der Waals surface area contributed by atoms with E-state index in [1.165, 1.54) is 41.8 Å². The molecule has 1 heterocycles. The highest BCUT2D eigenvalue weighted by Crippen LogP contribution is 2.25. The highest BCUT2D eigenvalue weighted by Gasteiger charge is 2.05. The van der Waals surface area contributed by atoms with Crippen molar-refractivity contribution in [3.8, 4) is 10.6 Å². The zero-order valence-corrected chi connectivity index (χ0v) is 14.6. The second kappa shape index (κ2) is 7.46. The lowest BCUT2D eigenvalue weighted by molar-refractivity contribution is 0.0955. The molecule has 0 fully saturated rings. The Hall–Kier alpha value is -2.38. The number of thiazole rings is 1. The van der Waals surface area contributed by atoms with Crippen LogP contribution >= 0.6 is 27.3 Å². The van der Waals surface area contributed by atoms with E-state index in [2.05, 4.69) is 31.4 Å². The van der Waals surface area contributed by atoms with E-state index >= 15 is 0 Å². The number of halogens is 2. The fourth-order valence-electron chi connectivity index (χ4n) is 1.92. The van der Waals surface area contributed by atoms with E-state index in [9.17, 15) is 9.18 Å². The molecule has 0 saturated carbocycles. The lowest BCUT2D eigenvalue weighted by atomic mass is 10.2. The molecule has 1 N–H and O–H groups in total. The van der Waals surface area contributed by atoms with E-state index in [0.717, 1.165) is 15.0 Å². The number of amides is 1. The predicted octanol–water partition coefficient (Wildman–Crippen LogP) is 4.48. The first kappa shape index (κ1) is 16.5. The first-order valence-corrected chi connectivity index (χ1v) is 8.59. The molecule has 7 heteroatoms. The van der Waals surface area contributed by atoms with Crippen LogP contribution in [0.15, 0.2) is 63.5 Å². The molecule has 0 bridgehead atoms. The molecule has 0 aliphatic carbocycles. The number of nitrogens with zero attached hydrogens (tertiary/aromatic N) is 2. The molecule has 1 amide bonds. The Morgan fingerprint density at radius 3 is 2.79 bits per heavy atom. The summed E-state index contributed by atoms with van der Waals surface area (Å²) in [5.74, 6) is -0.800. The summed E-state index contributed by atoms with van der Waals surface area (Å²) in [6.45, 7) is 0. The number of rotatable bonds is 4. The Labute approximate surface area is 150 Å². The lowest BCUT2D eigenvalue weighted by Crippen LogP contribution is -2.17. The van der Waals surface area contributed by atoms with Gasteiger partial charge in [0.1, 0.15) is 10.8 Å². The number of hydrazone groups is 1. The molecule has 2 aromatic carbocycles. The molecule has 1 aromatic heterocycles. The van der Waals surface area contributed by atoms with Gasteiger partial charge in [-0.15, -0.1) is 11.3 Å². The van der Waals surface area contributed by atoms with Gasteiger partial charge in [0.05, 0.1) is 11.9 Å². The van der Waals surface area contributed by atoms with Gasteiger partial charge in [0.25, 0.3) is 5.91 Å². The summed E-state index contributed by atoms with van der Waals surface area (Å²) in [7, 11) is 0. The smallest absolute Gasteiger partial charge is 0.267 e. The van der Waals surface area contributed by atoms with Crippen LogP contribution in [0.4, 0.5) is 4.39 Å². The van der Waals surface area contributed by atoms with Gasteiger partial charge < -0.3 is 0 Å². The standard InChI is InChI=1S/C17H11BrFN3OS/c18-13-3-1-2-12(8-13)17-21-15(10-24-17)9-20-22-16(23)11-4-6-14(19)7-5-11/h1-10H,(H,22,23)/b20-9-. The van der Waals surface area contributed by atoms with Gasteiger partial charge in [0.15, 0.2) is 0 Å². The van der Waals surface area contributed by atoms with Crippen LogP contribution in [0, 0.1) is 5.82 Å². The van der Waals surface area contributed by atoms with Gasteiger partial charge in [-0.1, -0.05) is 28.1 Å². The normalized spacial score (nSPS) is 10.9. The highest BCUT2D eigenvalue weighted by molar-refractivity contribution is 9.10. The van der Waals surface area contributed by atoms with Crippen molar-refractivity contribution in [1.82, 2.24) is 10.4 Å². The zero-order valence-electron chi connectivity index (χ0n) is 12.2. The third kappa shape index (κ3) is 4.12. The first-order valence-electron chi connectivity index (χ1n) is 6.92. The van der Waals surface area contributed by atoms with Crippen LogP contribution in [-0.4, -0.2) is 17.1 Å². The Balaban J connectivity index is 1.65. The average Bonchev–Trinajstić information content (AvgIpc) is 3.04. The van der Waals surface area contributed by atoms with E-state index in [1.54, 1.807) is 0 Å². The topological polar surface area (TPSA) is 54.4 Å². The van der Waals surface area contributed by atoms with Crippen LogP contribution in [0.3, 0.4) is 0 Å². The van der Waals surface area contributed by atoms with Gasteiger partial charge in [-0.25, -0.2) is 14.8 Å². The average molecular weight is 404 g/mol. The summed E-state index contributed by atoms with van der Waals surface area (Å²) < 4.78 is 13.8. The number of hydrogen-bond acceptors (Lipinski definition) is 4. The molecule has 0 aliphatic heterocycles. The Kier molecular flexibility index (Phi) is 5.12. The van der Waals surface area contributed by atoms with Crippen molar-refractivity contribution in [2.45, 2.75) is 0 Å². The number of benzene rings is 2. The van der Waals surface area contributed by atoms with Crippen molar-refractivity contribution in [2.24, 2.45) is 5.10 Å². The van der Waals surface area contributed by atoms with Crippen molar-refractivity contribution >= 4 is 39.4 Å². The highest BCUT2D eigenvalue weighted by atomic mass is 79.9. The van der Waals surface area contributed by atoms with Gasteiger partial charge in [0.2, 0.25) is 0 Å². The number of nitrogens with one attached hydrogen (secondary N) is 1. The minimum absolute atomic E-state index is 0.335. The maximum absolute atomic E-state index is 12.8. The van der Waals surface area contributed by atoms with Gasteiger partial charge in [-0.3, -0.25) is 4.79 Å². The fraction of sp³-hybridized carbons (Fsp3) is 0. The molecule has 0 unspecified atom stereocenters. The third-order valence-corrected chi connectivity index (χ3v) is 4.47. The summed E-state index contributed by atoms with van der Waals surface area (Å²) in [5.41, 5.74) is 4.38. The van der Waals surface area contributed by atoms with Crippen LogP contribution in [0.25, 0.3) is 10.6 Å². The number of hydrogen-bond donors (Lipinski definition) is 1. The first-order chi connectivity index (χ1) is 11.6. The van der Waals surface area contributed by atoms with Gasteiger partial charge in [-0.2, -0.15) is 5.10 Å². The van der Waals surface area contributed by atoms with Crippen LogP contribution in [0.5, 0.6) is 0 Å². The molecule has 0 aliphatic rings. The summed E-state index contributed by atoms with van der Waals surface area (Å²) in [5, 5.41) is 6.60. The van der Waals surface area contributed by atoms with E-state index in [1.807, 2.05) is 29.6 Å². The molecule has 0 saturated heterocycles. The molecule has 4 nitrogen and oxygen atoms in total. The summed E-state index contributed by atoms with van der Waals surface area (Å²) in [4.78, 5) is 16.3. The van der Waals surface area contributed by atoms with E-state index in [0.29, 0.717) is 11.3 Å². The quantitative estimate of drug-likeness (QED) is 0.515. The number of carbonyl (C=O) groups is 1. The molecular formula is C17H11BrFN3OS. The van der Waals surface area contributed by atoms with Crippen LogP contribution in [0.1, 0.15) is 16.1 Å². The van der Waals surface area contributed by atoms with Crippen molar-refractivity contribution in [2.75, 3.05) is 0 Å². The van der Waals surface area contributed by atoms with E-state index < -0.39 is 11.7 Å². The summed E-state index contributed by atoms with van der Waals surface area (Å²) in [6, 6.07) is 13.1. The molecule has 3 aromatic rings. The van der Waals surface area contributed by atoms with Gasteiger partial charge in [0, 0.05) is 21.0 Å². The molecular weight excluding hydrogens is 393 g/mol. The fourth-order valence-corrected chi connectivity index (χ4v) is 3.09. The second-order valence-electron chi connectivity index (χ2n) is 4.79. The van der Waals surface area contributed by atoms with Crippen molar-refractivity contribution < 1.29 is 9.18 Å². The predicted molar refractivity (Wildman–Crippen MR) is 96.7 cm³/mol. The van der Waals surface area contributed by atoms with E-state index in [-0.39, 0.29) is 0 Å².